The SMILES string of the molecule is O=C(c1ccc(CN=Cc2c(O)[nH]c(=O)c3ccccc23)cc1)N1CCCC1. The number of pyridine rings is 1. The molecule has 1 saturated heterocycles. The standard InChI is InChI=1S/C22H21N3O3/c26-20-18-6-2-1-5-17(18)19(21(27)24-20)14-23-13-15-7-9-16(10-8-15)22(28)25-11-3-4-12-25/h1-2,5-10,14H,3-4,11-13H2,(H2,24,26,27). The Balaban J connectivity index is 1.50. The number of hydrogen-bond acceptors (Lipinski definition) is 4. The van der Waals surface area contributed by atoms with Gasteiger partial charge in [0.2, 0.25) is 5.88 Å². The van der Waals surface area contributed by atoms with Crippen molar-refractivity contribution in [3.63, 3.8) is 0 Å². The van der Waals surface area contributed by atoms with Crippen molar-refractivity contribution in [3.05, 3.63) is 75.6 Å². The Labute approximate surface area is 162 Å². The predicted octanol–water partition coefficient (Wildman–Crippen LogP) is 3.09. The number of hydrogen-bond donors (Lipinski definition) is 2. The van der Waals surface area contributed by atoms with Gasteiger partial charge in [-0.25, -0.2) is 0 Å². The number of amides is 1. The summed E-state index contributed by atoms with van der Waals surface area (Å²) in [6.07, 6.45) is 3.71. The summed E-state index contributed by atoms with van der Waals surface area (Å²) in [6.45, 7) is 2.08. The van der Waals surface area contributed by atoms with Gasteiger partial charge in [0, 0.05) is 35.6 Å². The van der Waals surface area contributed by atoms with E-state index in [1.807, 2.05) is 35.2 Å². The van der Waals surface area contributed by atoms with E-state index in [0.29, 0.717) is 28.4 Å². The number of aromatic amines is 1. The van der Waals surface area contributed by atoms with Crippen LogP contribution in [0, 0.1) is 0 Å². The first-order valence-corrected chi connectivity index (χ1v) is 9.35. The Kier molecular flexibility index (Phi) is 4.93. The molecule has 142 valence electrons. The smallest absolute Gasteiger partial charge is 0.258 e. The van der Waals surface area contributed by atoms with Gasteiger partial charge < -0.3 is 10.0 Å². The lowest BCUT2D eigenvalue weighted by Crippen LogP contribution is -2.27. The second-order valence-corrected chi connectivity index (χ2v) is 6.93. The van der Waals surface area contributed by atoms with E-state index in [9.17, 15) is 14.7 Å². The van der Waals surface area contributed by atoms with Gasteiger partial charge in [-0.3, -0.25) is 19.6 Å². The zero-order valence-corrected chi connectivity index (χ0v) is 15.4. The molecule has 0 saturated carbocycles. The van der Waals surface area contributed by atoms with Gasteiger partial charge in [-0.1, -0.05) is 30.3 Å². The number of carbonyl (C=O) groups excluding carboxylic acids is 1. The molecule has 6 nitrogen and oxygen atoms in total. The Hall–Kier alpha value is -3.41. The number of carbonyl (C=O) groups is 1. The summed E-state index contributed by atoms with van der Waals surface area (Å²) in [5.41, 5.74) is 1.81. The average Bonchev–Trinajstić information content (AvgIpc) is 3.25. The number of fused-ring (bicyclic) bond motifs is 1. The Morgan fingerprint density at radius 1 is 1.07 bits per heavy atom. The van der Waals surface area contributed by atoms with Gasteiger partial charge in [-0.05, 0) is 36.6 Å². The first-order valence-electron chi connectivity index (χ1n) is 9.35. The van der Waals surface area contributed by atoms with Gasteiger partial charge in [0.25, 0.3) is 11.5 Å². The van der Waals surface area contributed by atoms with Gasteiger partial charge in [-0.2, -0.15) is 0 Å². The number of rotatable bonds is 4. The molecular weight excluding hydrogens is 354 g/mol. The maximum atomic E-state index is 12.4. The lowest BCUT2D eigenvalue weighted by molar-refractivity contribution is 0.0793. The van der Waals surface area contributed by atoms with Gasteiger partial charge >= 0.3 is 0 Å². The van der Waals surface area contributed by atoms with E-state index in [4.69, 9.17) is 0 Å². The number of likely N-dealkylation sites (tertiary alicyclic amines) is 1. The summed E-state index contributed by atoms with van der Waals surface area (Å²) in [7, 11) is 0. The maximum Gasteiger partial charge on any atom is 0.258 e. The topological polar surface area (TPSA) is 85.8 Å². The molecule has 2 N–H and O–H groups in total. The summed E-state index contributed by atoms with van der Waals surface area (Å²) >= 11 is 0. The Morgan fingerprint density at radius 3 is 2.46 bits per heavy atom. The van der Waals surface area contributed by atoms with Crippen LogP contribution in [0.1, 0.15) is 34.3 Å². The fraction of sp³-hybridized carbons (Fsp3) is 0.227. The van der Waals surface area contributed by atoms with E-state index < -0.39 is 0 Å². The molecule has 6 heteroatoms. The predicted molar refractivity (Wildman–Crippen MR) is 109 cm³/mol. The highest BCUT2D eigenvalue weighted by atomic mass is 16.3. The first kappa shape index (κ1) is 18.0. The van der Waals surface area contributed by atoms with Gasteiger partial charge in [0.15, 0.2) is 0 Å². The average molecular weight is 375 g/mol. The molecule has 1 aromatic heterocycles. The molecule has 0 spiro atoms. The van der Waals surface area contributed by atoms with Crippen LogP contribution in [-0.4, -0.2) is 40.2 Å². The van der Waals surface area contributed by atoms with Crippen molar-refractivity contribution in [2.75, 3.05) is 13.1 Å². The normalized spacial score (nSPS) is 14.2. The third-order valence-electron chi connectivity index (χ3n) is 5.04. The fourth-order valence-corrected chi connectivity index (χ4v) is 3.51. The van der Waals surface area contributed by atoms with Crippen LogP contribution in [0.25, 0.3) is 10.8 Å². The molecule has 2 heterocycles. The Morgan fingerprint density at radius 2 is 1.75 bits per heavy atom. The molecule has 3 aromatic rings. The monoisotopic (exact) mass is 375 g/mol. The minimum Gasteiger partial charge on any atom is -0.494 e. The molecule has 1 fully saturated rings. The van der Waals surface area contributed by atoms with Crippen LogP contribution in [0.4, 0.5) is 0 Å². The van der Waals surface area contributed by atoms with Crippen LogP contribution in [0.3, 0.4) is 0 Å². The lowest BCUT2D eigenvalue weighted by Gasteiger charge is -2.15. The quantitative estimate of drug-likeness (QED) is 0.687. The maximum absolute atomic E-state index is 12.4. The fourth-order valence-electron chi connectivity index (χ4n) is 3.51. The molecule has 0 aliphatic carbocycles. The summed E-state index contributed by atoms with van der Waals surface area (Å²) in [5.74, 6) is -0.115. The van der Waals surface area contributed by atoms with Crippen LogP contribution in [-0.2, 0) is 6.54 Å². The highest BCUT2D eigenvalue weighted by Crippen LogP contribution is 2.20. The minimum absolute atomic E-state index is 0.0807. The van der Waals surface area contributed by atoms with Crippen molar-refractivity contribution < 1.29 is 9.90 Å². The van der Waals surface area contributed by atoms with Crippen molar-refractivity contribution in [2.45, 2.75) is 19.4 Å². The zero-order valence-electron chi connectivity index (χ0n) is 15.4. The van der Waals surface area contributed by atoms with Crippen LogP contribution in [0.15, 0.2) is 58.3 Å². The van der Waals surface area contributed by atoms with E-state index in [1.165, 1.54) is 0 Å². The third kappa shape index (κ3) is 3.53. The summed E-state index contributed by atoms with van der Waals surface area (Å²) in [5, 5.41) is 11.3. The number of nitrogens with one attached hydrogen (secondary N) is 1. The van der Waals surface area contributed by atoms with Crippen molar-refractivity contribution in [1.82, 2.24) is 9.88 Å². The number of aromatic nitrogens is 1. The minimum atomic E-state index is -0.330. The number of aliphatic imine (C=N–C) groups is 1. The van der Waals surface area contributed by atoms with Crippen molar-refractivity contribution in [2.24, 2.45) is 4.99 Å². The molecule has 0 radical (unpaired) electrons. The molecule has 4 rings (SSSR count). The van der Waals surface area contributed by atoms with E-state index >= 15 is 0 Å². The van der Waals surface area contributed by atoms with Crippen LogP contribution >= 0.6 is 0 Å². The van der Waals surface area contributed by atoms with E-state index in [2.05, 4.69) is 9.98 Å². The molecule has 1 amide bonds. The summed E-state index contributed by atoms with van der Waals surface area (Å²) in [4.78, 5) is 33.1. The second-order valence-electron chi connectivity index (χ2n) is 6.93. The second kappa shape index (κ2) is 7.68. The van der Waals surface area contributed by atoms with Crippen molar-refractivity contribution in [1.29, 1.82) is 0 Å². The number of H-pyrrole nitrogens is 1. The lowest BCUT2D eigenvalue weighted by atomic mass is 10.1. The molecular formula is C22H21N3O3. The van der Waals surface area contributed by atoms with E-state index in [0.717, 1.165) is 31.5 Å². The molecule has 1 aliphatic rings. The highest BCUT2D eigenvalue weighted by molar-refractivity contribution is 6.01. The zero-order chi connectivity index (χ0) is 19.5. The number of benzene rings is 2. The third-order valence-corrected chi connectivity index (χ3v) is 5.04. The van der Waals surface area contributed by atoms with Gasteiger partial charge in [0.05, 0.1) is 12.1 Å². The van der Waals surface area contributed by atoms with Gasteiger partial charge in [-0.15, -0.1) is 0 Å². The molecule has 1 aliphatic heterocycles. The van der Waals surface area contributed by atoms with Crippen LogP contribution < -0.4 is 5.56 Å². The summed E-state index contributed by atoms with van der Waals surface area (Å²) in [6, 6.07) is 14.5. The van der Waals surface area contributed by atoms with Crippen molar-refractivity contribution in [3.8, 4) is 5.88 Å². The summed E-state index contributed by atoms with van der Waals surface area (Å²) < 4.78 is 0. The molecule has 0 atom stereocenters. The molecule has 0 bridgehead atoms. The van der Waals surface area contributed by atoms with E-state index in [1.54, 1.807) is 24.4 Å². The molecule has 2 aromatic carbocycles. The molecule has 0 unspecified atom stereocenters. The Bertz CT molecular complexity index is 1090. The van der Waals surface area contributed by atoms with Crippen LogP contribution in [0.2, 0.25) is 0 Å². The highest BCUT2D eigenvalue weighted by Gasteiger charge is 2.19. The number of nitrogens with zero attached hydrogens (tertiary/aromatic N) is 2. The number of aromatic hydroxyl groups is 1. The van der Waals surface area contributed by atoms with E-state index in [-0.39, 0.29) is 17.3 Å². The van der Waals surface area contributed by atoms with Gasteiger partial charge in [0.1, 0.15) is 0 Å². The van der Waals surface area contributed by atoms with Crippen molar-refractivity contribution >= 4 is 22.9 Å². The first-order chi connectivity index (χ1) is 13.6. The molecule has 28 heavy (non-hydrogen) atoms. The van der Waals surface area contributed by atoms with Crippen LogP contribution in [0.5, 0.6) is 5.88 Å². The largest absolute Gasteiger partial charge is 0.494 e.